The highest BCUT2D eigenvalue weighted by Crippen LogP contribution is 1.96. The van der Waals surface area contributed by atoms with E-state index in [1.807, 2.05) is 13.1 Å². The number of H-pyrrole nitrogens is 1. The lowest BCUT2D eigenvalue weighted by atomic mass is 10.4. The molecule has 4 heteroatoms. The quantitative estimate of drug-likeness (QED) is 0.622. The van der Waals surface area contributed by atoms with E-state index in [2.05, 4.69) is 9.97 Å². The molecule has 1 rings (SSSR count). The monoisotopic (exact) mass is 147 g/mol. The molecule has 0 aliphatic carbocycles. The fourth-order valence-electron chi connectivity index (χ4n) is 0.558. The zero-order chi connectivity index (χ0) is 5.98. The van der Waals surface area contributed by atoms with Gasteiger partial charge in [-0.15, -0.1) is 12.4 Å². The van der Waals surface area contributed by atoms with Crippen molar-refractivity contribution in [1.29, 1.82) is 0 Å². The molecule has 1 aromatic rings. The molecule has 0 fully saturated rings. The van der Waals surface area contributed by atoms with Gasteiger partial charge in [0.1, 0.15) is 0 Å². The molecule has 0 amide bonds. The summed E-state index contributed by atoms with van der Waals surface area (Å²) in [5.41, 5.74) is 6.30. The van der Waals surface area contributed by atoms with Gasteiger partial charge in [-0.05, 0) is 6.42 Å². The Bertz CT molecular complexity index is 172. The maximum absolute atomic E-state index is 5.29. The Balaban J connectivity index is 0.000000640. The van der Waals surface area contributed by atoms with Crippen molar-refractivity contribution < 1.29 is 0 Å². The van der Waals surface area contributed by atoms with Gasteiger partial charge in [0, 0.05) is 6.20 Å². The first kappa shape index (κ1) is 8.30. The number of hydrogen-bond donors (Lipinski definition) is 2. The van der Waals surface area contributed by atoms with Crippen LogP contribution < -0.4 is 5.73 Å². The fourth-order valence-corrected chi connectivity index (χ4v) is 0.558. The van der Waals surface area contributed by atoms with E-state index in [9.17, 15) is 0 Å². The fraction of sp³-hybridized carbons (Fsp3) is 0.400. The molecule has 1 heterocycles. The summed E-state index contributed by atoms with van der Waals surface area (Å²) in [6.45, 7) is 2.04. The van der Waals surface area contributed by atoms with Crippen molar-refractivity contribution in [3.63, 3.8) is 0 Å². The molecule has 9 heavy (non-hydrogen) atoms. The van der Waals surface area contributed by atoms with E-state index in [0.717, 1.165) is 12.1 Å². The van der Waals surface area contributed by atoms with Gasteiger partial charge >= 0.3 is 0 Å². The third-order valence-corrected chi connectivity index (χ3v) is 1.01. The molecule has 3 N–H and O–H groups in total. The first-order valence-corrected chi connectivity index (χ1v) is 2.62. The highest BCUT2D eigenvalue weighted by molar-refractivity contribution is 5.85. The minimum atomic E-state index is 0. The molecule has 0 saturated heterocycles. The summed E-state index contributed by atoms with van der Waals surface area (Å²) >= 11 is 0. The number of aromatic amines is 1. The third kappa shape index (κ3) is 1.93. The minimum absolute atomic E-state index is 0. The third-order valence-electron chi connectivity index (χ3n) is 1.01. The van der Waals surface area contributed by atoms with Crippen molar-refractivity contribution in [2.45, 2.75) is 13.3 Å². The van der Waals surface area contributed by atoms with Gasteiger partial charge in [-0.2, -0.15) is 0 Å². The Morgan fingerprint density at radius 3 is 2.67 bits per heavy atom. The van der Waals surface area contributed by atoms with E-state index in [1.54, 1.807) is 0 Å². The average Bonchev–Trinajstić information content (AvgIpc) is 2.14. The van der Waals surface area contributed by atoms with Gasteiger partial charge in [0.05, 0.1) is 5.69 Å². The second kappa shape index (κ2) is 3.35. The lowest BCUT2D eigenvalue weighted by Crippen LogP contribution is -1.85. The Kier molecular flexibility index (Phi) is 3.09. The van der Waals surface area contributed by atoms with Gasteiger partial charge in [0.25, 0.3) is 0 Å². The molecule has 0 radical (unpaired) electrons. The van der Waals surface area contributed by atoms with Crippen LogP contribution in [0.3, 0.4) is 0 Å². The second-order valence-electron chi connectivity index (χ2n) is 1.63. The molecule has 0 aromatic carbocycles. The minimum Gasteiger partial charge on any atom is -0.369 e. The number of aryl methyl sites for hydroxylation is 1. The molecule has 1 aromatic heterocycles. The molecule has 52 valence electrons. The predicted molar refractivity (Wildman–Crippen MR) is 39.6 cm³/mol. The van der Waals surface area contributed by atoms with Gasteiger partial charge < -0.3 is 10.7 Å². The van der Waals surface area contributed by atoms with Crippen LogP contribution in [0.1, 0.15) is 12.6 Å². The largest absolute Gasteiger partial charge is 0.369 e. The smallest absolute Gasteiger partial charge is 0.197 e. The molecule has 0 bridgehead atoms. The number of nitrogens with two attached hydrogens (primary N) is 1. The van der Waals surface area contributed by atoms with Gasteiger partial charge in [0.2, 0.25) is 0 Å². The number of aromatic nitrogens is 2. The second-order valence-corrected chi connectivity index (χ2v) is 1.63. The number of hydrogen-bond acceptors (Lipinski definition) is 2. The van der Waals surface area contributed by atoms with Crippen LogP contribution in [-0.2, 0) is 6.42 Å². The van der Waals surface area contributed by atoms with Gasteiger partial charge in [-0.1, -0.05) is 6.92 Å². The van der Waals surface area contributed by atoms with Crippen LogP contribution in [0.25, 0.3) is 0 Å². The van der Waals surface area contributed by atoms with E-state index in [-0.39, 0.29) is 12.4 Å². The van der Waals surface area contributed by atoms with E-state index in [4.69, 9.17) is 5.73 Å². The van der Waals surface area contributed by atoms with E-state index in [0.29, 0.717) is 5.95 Å². The van der Waals surface area contributed by atoms with Crippen LogP contribution in [0.4, 0.5) is 5.95 Å². The first-order valence-electron chi connectivity index (χ1n) is 2.62. The maximum atomic E-state index is 5.29. The van der Waals surface area contributed by atoms with Crippen LogP contribution in [0, 0.1) is 0 Å². The Hall–Kier alpha value is -0.700. The zero-order valence-corrected chi connectivity index (χ0v) is 6.03. The molecule has 0 aliphatic rings. The van der Waals surface area contributed by atoms with Crippen molar-refractivity contribution in [2.75, 3.05) is 5.73 Å². The van der Waals surface area contributed by atoms with Crippen molar-refractivity contribution in [2.24, 2.45) is 0 Å². The molecule has 0 aliphatic heterocycles. The van der Waals surface area contributed by atoms with Crippen LogP contribution >= 0.6 is 12.4 Å². The lowest BCUT2D eigenvalue weighted by Gasteiger charge is -1.79. The van der Waals surface area contributed by atoms with Crippen molar-refractivity contribution in [3.8, 4) is 0 Å². The topological polar surface area (TPSA) is 54.7 Å². The number of halogens is 1. The molecule has 0 saturated carbocycles. The highest BCUT2D eigenvalue weighted by Gasteiger charge is 1.90. The highest BCUT2D eigenvalue weighted by atomic mass is 35.5. The van der Waals surface area contributed by atoms with Gasteiger partial charge in [0.15, 0.2) is 5.95 Å². The summed E-state index contributed by atoms with van der Waals surface area (Å²) < 4.78 is 0. The first-order chi connectivity index (χ1) is 3.83. The SMILES string of the molecule is CCc1c[nH]c(N)n1.Cl. The van der Waals surface area contributed by atoms with Crippen molar-refractivity contribution in [3.05, 3.63) is 11.9 Å². The normalized spacial score (nSPS) is 8.56. The standard InChI is InChI=1S/C5H9N3.ClH/c1-2-4-3-7-5(6)8-4;/h3H,2H2,1H3,(H3,6,7,8);1H. The number of rotatable bonds is 1. The number of anilines is 1. The Morgan fingerprint density at radius 1 is 1.78 bits per heavy atom. The maximum Gasteiger partial charge on any atom is 0.197 e. The van der Waals surface area contributed by atoms with Crippen LogP contribution in [0.15, 0.2) is 6.20 Å². The molecule has 0 spiro atoms. The summed E-state index contributed by atoms with van der Waals surface area (Å²) in [7, 11) is 0. The summed E-state index contributed by atoms with van der Waals surface area (Å²) in [5.74, 6) is 0.502. The Morgan fingerprint density at radius 2 is 2.44 bits per heavy atom. The molecule has 0 atom stereocenters. The van der Waals surface area contributed by atoms with Crippen LogP contribution in [0.2, 0.25) is 0 Å². The number of nitrogen functional groups attached to an aromatic ring is 1. The zero-order valence-electron chi connectivity index (χ0n) is 5.22. The van der Waals surface area contributed by atoms with Gasteiger partial charge in [-0.3, -0.25) is 0 Å². The van der Waals surface area contributed by atoms with Crippen molar-refractivity contribution in [1.82, 2.24) is 9.97 Å². The number of nitrogens with one attached hydrogen (secondary N) is 1. The van der Waals surface area contributed by atoms with Crippen LogP contribution in [-0.4, -0.2) is 9.97 Å². The van der Waals surface area contributed by atoms with Crippen molar-refractivity contribution >= 4 is 18.4 Å². The van der Waals surface area contributed by atoms with E-state index >= 15 is 0 Å². The molecule has 3 nitrogen and oxygen atoms in total. The number of nitrogens with zero attached hydrogens (tertiary/aromatic N) is 1. The lowest BCUT2D eigenvalue weighted by molar-refractivity contribution is 1.07. The van der Waals surface area contributed by atoms with E-state index < -0.39 is 0 Å². The van der Waals surface area contributed by atoms with Gasteiger partial charge in [-0.25, -0.2) is 4.98 Å². The summed E-state index contributed by atoms with van der Waals surface area (Å²) in [6, 6.07) is 0. The molecule has 0 unspecified atom stereocenters. The van der Waals surface area contributed by atoms with E-state index in [1.165, 1.54) is 0 Å². The molecular weight excluding hydrogens is 138 g/mol. The Labute approximate surface area is 60.1 Å². The summed E-state index contributed by atoms with van der Waals surface area (Å²) in [6.07, 6.45) is 2.75. The number of imidazole rings is 1. The predicted octanol–water partition coefficient (Wildman–Crippen LogP) is 0.976. The van der Waals surface area contributed by atoms with Crippen LogP contribution in [0.5, 0.6) is 0 Å². The summed E-state index contributed by atoms with van der Waals surface area (Å²) in [5, 5.41) is 0. The average molecular weight is 148 g/mol. The molecular formula is C5H10ClN3. The summed E-state index contributed by atoms with van der Waals surface area (Å²) in [4.78, 5) is 6.74.